The van der Waals surface area contributed by atoms with E-state index in [1.807, 2.05) is 4.90 Å². The number of nitrogens with one attached hydrogen (secondary N) is 1. The summed E-state index contributed by atoms with van der Waals surface area (Å²) in [5.41, 5.74) is -0.629. The van der Waals surface area contributed by atoms with Gasteiger partial charge >= 0.3 is 0 Å². The van der Waals surface area contributed by atoms with E-state index in [0.29, 0.717) is 25.6 Å². The maximum Gasteiger partial charge on any atom is 0.248 e. The first-order valence-electron chi connectivity index (χ1n) is 8.35. The molecule has 3 rings (SSSR count). The Morgan fingerprint density at radius 1 is 1.24 bits per heavy atom. The molecule has 0 aromatic carbocycles. The molecule has 1 saturated carbocycles. The average molecular weight is 294 g/mol. The van der Waals surface area contributed by atoms with Gasteiger partial charge < -0.3 is 15.0 Å². The molecule has 1 N–H and O–H groups in total. The van der Waals surface area contributed by atoms with E-state index in [9.17, 15) is 9.59 Å². The molecule has 2 aliphatic heterocycles. The summed E-state index contributed by atoms with van der Waals surface area (Å²) in [6.45, 7) is 3.25. The first-order chi connectivity index (χ1) is 10.1. The molecule has 5 nitrogen and oxygen atoms in total. The van der Waals surface area contributed by atoms with Gasteiger partial charge in [-0.25, -0.2) is 0 Å². The monoisotopic (exact) mass is 294 g/mol. The summed E-state index contributed by atoms with van der Waals surface area (Å²) in [6, 6.07) is 0. The van der Waals surface area contributed by atoms with Crippen molar-refractivity contribution in [3.05, 3.63) is 0 Å². The van der Waals surface area contributed by atoms with Crippen LogP contribution in [0.2, 0.25) is 0 Å². The fraction of sp³-hybridized carbons (Fsp3) is 0.875. The number of carbonyl (C=O) groups is 2. The van der Waals surface area contributed by atoms with Crippen molar-refractivity contribution < 1.29 is 14.3 Å². The standard InChI is InChI=1S/C16H26N2O3/c1-12-5-6-13(21-12)11-18-10-7-14(19)17-16(15(18)20)8-3-2-4-9-16/h12-13H,2-11H2,1H3,(H,17,19). The Kier molecular flexibility index (Phi) is 4.20. The molecule has 2 unspecified atom stereocenters. The van der Waals surface area contributed by atoms with Crippen LogP contribution in [0.4, 0.5) is 0 Å². The van der Waals surface area contributed by atoms with Crippen molar-refractivity contribution in [2.24, 2.45) is 0 Å². The summed E-state index contributed by atoms with van der Waals surface area (Å²) < 4.78 is 5.86. The van der Waals surface area contributed by atoms with Crippen molar-refractivity contribution in [2.75, 3.05) is 13.1 Å². The molecule has 1 aliphatic carbocycles. The minimum absolute atomic E-state index is 0.0217. The minimum Gasteiger partial charge on any atom is -0.373 e. The zero-order valence-corrected chi connectivity index (χ0v) is 12.9. The molecule has 0 aromatic heterocycles. The highest BCUT2D eigenvalue weighted by atomic mass is 16.5. The average Bonchev–Trinajstić information content (AvgIpc) is 2.84. The summed E-state index contributed by atoms with van der Waals surface area (Å²) >= 11 is 0. The largest absolute Gasteiger partial charge is 0.373 e. The number of hydrogen-bond acceptors (Lipinski definition) is 3. The third-order valence-corrected chi connectivity index (χ3v) is 5.14. The van der Waals surface area contributed by atoms with Crippen molar-refractivity contribution >= 4 is 11.8 Å². The highest BCUT2D eigenvalue weighted by Crippen LogP contribution is 2.32. The number of carbonyl (C=O) groups excluding carboxylic acids is 2. The molecule has 2 heterocycles. The fourth-order valence-electron chi connectivity index (χ4n) is 3.96. The summed E-state index contributed by atoms with van der Waals surface area (Å²) in [5.74, 6) is 0.143. The van der Waals surface area contributed by atoms with Crippen LogP contribution in [-0.2, 0) is 14.3 Å². The van der Waals surface area contributed by atoms with Gasteiger partial charge in [0.05, 0.1) is 12.2 Å². The second-order valence-electron chi connectivity index (χ2n) is 6.84. The molecule has 21 heavy (non-hydrogen) atoms. The predicted molar refractivity (Wildman–Crippen MR) is 78.7 cm³/mol. The summed E-state index contributed by atoms with van der Waals surface area (Å²) in [6.07, 6.45) is 7.70. The number of hydrogen-bond donors (Lipinski definition) is 1. The lowest BCUT2D eigenvalue weighted by Gasteiger charge is -2.38. The Hall–Kier alpha value is -1.10. The summed E-state index contributed by atoms with van der Waals surface area (Å²) in [5, 5.41) is 3.04. The van der Waals surface area contributed by atoms with Crippen LogP contribution in [0.1, 0.15) is 58.3 Å². The molecule has 3 fully saturated rings. The van der Waals surface area contributed by atoms with Gasteiger partial charge in [-0.05, 0) is 32.6 Å². The van der Waals surface area contributed by atoms with Crippen LogP contribution >= 0.6 is 0 Å². The molecular weight excluding hydrogens is 268 g/mol. The first-order valence-corrected chi connectivity index (χ1v) is 8.35. The van der Waals surface area contributed by atoms with Gasteiger partial charge in [-0.3, -0.25) is 9.59 Å². The Balaban J connectivity index is 1.73. The van der Waals surface area contributed by atoms with Crippen LogP contribution in [0.15, 0.2) is 0 Å². The van der Waals surface area contributed by atoms with Crippen LogP contribution in [0.3, 0.4) is 0 Å². The summed E-state index contributed by atoms with van der Waals surface area (Å²) in [4.78, 5) is 26.9. The lowest BCUT2D eigenvalue weighted by molar-refractivity contribution is -0.141. The zero-order valence-electron chi connectivity index (χ0n) is 12.9. The quantitative estimate of drug-likeness (QED) is 0.841. The molecule has 0 bridgehead atoms. The Morgan fingerprint density at radius 2 is 2.00 bits per heavy atom. The van der Waals surface area contributed by atoms with Gasteiger partial charge in [0.1, 0.15) is 5.54 Å². The lowest BCUT2D eigenvalue weighted by atomic mass is 9.80. The van der Waals surface area contributed by atoms with Crippen LogP contribution in [-0.4, -0.2) is 47.6 Å². The number of nitrogens with zero attached hydrogens (tertiary/aromatic N) is 1. The van der Waals surface area contributed by atoms with Gasteiger partial charge in [0.2, 0.25) is 11.8 Å². The van der Waals surface area contributed by atoms with Crippen molar-refractivity contribution in [3.63, 3.8) is 0 Å². The van der Waals surface area contributed by atoms with E-state index in [4.69, 9.17) is 4.74 Å². The zero-order chi connectivity index (χ0) is 14.9. The highest BCUT2D eigenvalue weighted by molar-refractivity contribution is 5.93. The maximum atomic E-state index is 13.0. The molecule has 0 radical (unpaired) electrons. The Bertz CT molecular complexity index is 418. The van der Waals surface area contributed by atoms with Crippen LogP contribution < -0.4 is 5.32 Å². The second kappa shape index (κ2) is 5.95. The highest BCUT2D eigenvalue weighted by Gasteiger charge is 2.45. The SMILES string of the molecule is CC1CCC(CN2CCC(=O)NC3(CCCCC3)C2=O)O1. The molecule has 2 amide bonds. The van der Waals surface area contributed by atoms with E-state index in [1.54, 1.807) is 0 Å². The summed E-state index contributed by atoms with van der Waals surface area (Å²) in [7, 11) is 0. The smallest absolute Gasteiger partial charge is 0.248 e. The van der Waals surface area contributed by atoms with Gasteiger partial charge in [0.25, 0.3) is 0 Å². The molecule has 1 spiro atoms. The fourth-order valence-corrected chi connectivity index (χ4v) is 3.96. The predicted octanol–water partition coefficient (Wildman–Crippen LogP) is 1.61. The van der Waals surface area contributed by atoms with Crippen LogP contribution in [0.5, 0.6) is 0 Å². The maximum absolute atomic E-state index is 13.0. The van der Waals surface area contributed by atoms with Gasteiger partial charge in [0, 0.05) is 19.5 Å². The van der Waals surface area contributed by atoms with Gasteiger partial charge in [-0.2, -0.15) is 0 Å². The molecule has 2 saturated heterocycles. The van der Waals surface area contributed by atoms with Crippen LogP contribution in [0.25, 0.3) is 0 Å². The molecular formula is C16H26N2O3. The second-order valence-corrected chi connectivity index (χ2v) is 6.84. The van der Waals surface area contributed by atoms with Gasteiger partial charge in [0.15, 0.2) is 0 Å². The topological polar surface area (TPSA) is 58.6 Å². The van der Waals surface area contributed by atoms with Gasteiger partial charge in [-0.15, -0.1) is 0 Å². The molecule has 5 heteroatoms. The van der Waals surface area contributed by atoms with E-state index >= 15 is 0 Å². The number of ether oxygens (including phenoxy) is 1. The number of amides is 2. The molecule has 118 valence electrons. The minimum atomic E-state index is -0.629. The Labute approximate surface area is 126 Å². The lowest BCUT2D eigenvalue weighted by Crippen LogP contribution is -2.58. The third kappa shape index (κ3) is 3.07. The van der Waals surface area contributed by atoms with Crippen molar-refractivity contribution in [2.45, 2.75) is 76.0 Å². The first kappa shape index (κ1) is 14.8. The van der Waals surface area contributed by atoms with Crippen molar-refractivity contribution in [3.8, 4) is 0 Å². The van der Waals surface area contributed by atoms with Gasteiger partial charge in [-0.1, -0.05) is 19.3 Å². The van der Waals surface area contributed by atoms with E-state index in [1.165, 1.54) is 0 Å². The van der Waals surface area contributed by atoms with E-state index in [2.05, 4.69) is 12.2 Å². The Morgan fingerprint density at radius 3 is 2.67 bits per heavy atom. The van der Waals surface area contributed by atoms with E-state index in [-0.39, 0.29) is 17.9 Å². The third-order valence-electron chi connectivity index (χ3n) is 5.14. The number of rotatable bonds is 2. The molecule has 0 aromatic rings. The van der Waals surface area contributed by atoms with Crippen molar-refractivity contribution in [1.29, 1.82) is 0 Å². The van der Waals surface area contributed by atoms with E-state index in [0.717, 1.165) is 44.9 Å². The molecule has 2 atom stereocenters. The van der Waals surface area contributed by atoms with Crippen molar-refractivity contribution in [1.82, 2.24) is 10.2 Å². The van der Waals surface area contributed by atoms with Crippen LogP contribution in [0, 0.1) is 0 Å². The molecule has 3 aliphatic rings. The normalized spacial score (nSPS) is 33.1. The van der Waals surface area contributed by atoms with E-state index < -0.39 is 5.54 Å².